The topological polar surface area (TPSA) is 59.4 Å². The van der Waals surface area contributed by atoms with Gasteiger partial charge in [0, 0.05) is 18.1 Å². The number of benzene rings is 2. The van der Waals surface area contributed by atoms with Crippen LogP contribution in [0, 0.1) is 0 Å². The highest BCUT2D eigenvalue weighted by Gasteiger charge is 2.28. The molecular weight excluding hydrogens is 372 g/mol. The fourth-order valence-corrected chi connectivity index (χ4v) is 5.17. The van der Waals surface area contributed by atoms with E-state index in [9.17, 15) is 13.2 Å². The van der Waals surface area contributed by atoms with E-state index < -0.39 is 10.0 Å². The van der Waals surface area contributed by atoms with Crippen LogP contribution in [0.2, 0.25) is 0 Å². The molecule has 0 amide bonds. The highest BCUT2D eigenvalue weighted by molar-refractivity contribution is 7.90. The number of hydrogen-bond acceptors (Lipinski definition) is 4. The number of carbonyl (C=O) groups excluding carboxylic acids is 1. The van der Waals surface area contributed by atoms with Crippen LogP contribution in [0.5, 0.6) is 0 Å². The first kappa shape index (κ1) is 18.7. The maximum Gasteiger partial charge on any atom is 0.268 e. The van der Waals surface area contributed by atoms with Gasteiger partial charge in [0.15, 0.2) is 5.78 Å². The largest absolute Gasteiger partial charge is 0.296 e. The minimum Gasteiger partial charge on any atom is -0.296 e. The second-order valence-electron chi connectivity index (χ2n) is 7.14. The molecule has 1 aliphatic heterocycles. The number of aromatic nitrogens is 1. The number of fused-ring (bicyclic) bond motifs is 1. The molecule has 2 aromatic carbocycles. The molecule has 5 nitrogen and oxygen atoms in total. The van der Waals surface area contributed by atoms with Crippen molar-refractivity contribution in [1.29, 1.82) is 0 Å². The predicted molar refractivity (Wildman–Crippen MR) is 110 cm³/mol. The molecule has 28 heavy (non-hydrogen) atoms. The van der Waals surface area contributed by atoms with Gasteiger partial charge in [0.05, 0.1) is 16.5 Å². The van der Waals surface area contributed by atoms with Crippen molar-refractivity contribution in [3.8, 4) is 0 Å². The van der Waals surface area contributed by atoms with Crippen molar-refractivity contribution in [3.05, 3.63) is 78.0 Å². The highest BCUT2D eigenvalue weighted by Crippen LogP contribution is 2.35. The quantitative estimate of drug-likeness (QED) is 0.676. The Morgan fingerprint density at radius 2 is 1.71 bits per heavy atom. The van der Waals surface area contributed by atoms with Gasteiger partial charge in [-0.05, 0) is 49.7 Å². The molecule has 0 saturated heterocycles. The minimum atomic E-state index is -3.72. The summed E-state index contributed by atoms with van der Waals surface area (Å²) in [5.41, 5.74) is 2.32. The monoisotopic (exact) mass is 394 g/mol. The Balaban J connectivity index is 1.93. The lowest BCUT2D eigenvalue weighted by atomic mass is 9.95. The maximum atomic E-state index is 13.3. The Hall–Kier alpha value is -2.70. The second-order valence-corrected chi connectivity index (χ2v) is 8.95. The third kappa shape index (κ3) is 3.08. The van der Waals surface area contributed by atoms with Crippen molar-refractivity contribution in [3.63, 3.8) is 0 Å². The standard InChI is InChI=1S/C22H22N2O3S/c1-16(25)17-12-13-23(2)22(14-17)20-15-24(21-11-7-6-10-19(20)21)28(26,27)18-8-4-3-5-9-18/h3-11,14-15,22H,12-13H2,1-2H3/t22-/m0/s1. The van der Waals surface area contributed by atoms with E-state index >= 15 is 0 Å². The molecule has 0 saturated carbocycles. The summed E-state index contributed by atoms with van der Waals surface area (Å²) < 4.78 is 27.9. The van der Waals surface area contributed by atoms with E-state index in [0.29, 0.717) is 11.9 Å². The summed E-state index contributed by atoms with van der Waals surface area (Å²) in [7, 11) is -1.72. The third-order valence-electron chi connectivity index (χ3n) is 5.35. The van der Waals surface area contributed by atoms with E-state index in [4.69, 9.17) is 0 Å². The summed E-state index contributed by atoms with van der Waals surface area (Å²) in [5, 5.41) is 0.875. The van der Waals surface area contributed by atoms with Crippen LogP contribution in [-0.2, 0) is 14.8 Å². The van der Waals surface area contributed by atoms with Gasteiger partial charge in [0.2, 0.25) is 0 Å². The van der Waals surface area contributed by atoms with Crippen molar-refractivity contribution in [1.82, 2.24) is 8.87 Å². The fraction of sp³-hybridized carbons (Fsp3) is 0.227. The van der Waals surface area contributed by atoms with Crippen LogP contribution in [0.15, 0.2) is 77.3 Å². The zero-order valence-corrected chi connectivity index (χ0v) is 16.7. The summed E-state index contributed by atoms with van der Waals surface area (Å²) in [4.78, 5) is 14.3. The van der Waals surface area contributed by atoms with Crippen LogP contribution in [-0.4, -0.2) is 36.7 Å². The first-order valence-corrected chi connectivity index (χ1v) is 10.7. The van der Waals surface area contributed by atoms with E-state index in [1.54, 1.807) is 43.5 Å². The summed E-state index contributed by atoms with van der Waals surface area (Å²) in [5.74, 6) is 0.0683. The average Bonchev–Trinajstić information content (AvgIpc) is 3.09. The van der Waals surface area contributed by atoms with Gasteiger partial charge in [0.1, 0.15) is 0 Å². The number of hydrogen-bond donors (Lipinski definition) is 0. The zero-order chi connectivity index (χ0) is 19.9. The Morgan fingerprint density at radius 3 is 2.43 bits per heavy atom. The highest BCUT2D eigenvalue weighted by atomic mass is 32.2. The van der Waals surface area contributed by atoms with Crippen LogP contribution in [0.1, 0.15) is 24.9 Å². The molecule has 6 heteroatoms. The number of rotatable bonds is 4. The van der Waals surface area contributed by atoms with E-state index in [1.165, 1.54) is 3.97 Å². The average molecular weight is 394 g/mol. The Morgan fingerprint density at radius 1 is 1.04 bits per heavy atom. The van der Waals surface area contributed by atoms with Gasteiger partial charge in [-0.3, -0.25) is 9.69 Å². The van der Waals surface area contributed by atoms with Crippen LogP contribution in [0.4, 0.5) is 0 Å². The van der Waals surface area contributed by atoms with Gasteiger partial charge >= 0.3 is 0 Å². The third-order valence-corrected chi connectivity index (χ3v) is 7.04. The number of likely N-dealkylation sites (N-methyl/N-ethyl adjacent to an activating group) is 1. The molecule has 1 aliphatic rings. The Labute approximate surface area is 164 Å². The molecule has 2 heterocycles. The van der Waals surface area contributed by atoms with E-state index in [2.05, 4.69) is 4.90 Å². The molecule has 0 fully saturated rings. The van der Waals surface area contributed by atoms with Crippen molar-refractivity contribution in [2.24, 2.45) is 0 Å². The van der Waals surface area contributed by atoms with Gasteiger partial charge in [0.25, 0.3) is 10.0 Å². The van der Waals surface area contributed by atoms with Gasteiger partial charge in [-0.2, -0.15) is 0 Å². The lowest BCUT2D eigenvalue weighted by Gasteiger charge is -2.30. The molecule has 4 rings (SSSR count). The van der Waals surface area contributed by atoms with E-state index in [0.717, 1.165) is 23.1 Å². The molecule has 0 aliphatic carbocycles. The number of Topliss-reactive ketones (excluding diaryl/α,β-unsaturated/α-hetero) is 1. The molecule has 1 atom stereocenters. The van der Waals surface area contributed by atoms with E-state index in [1.807, 2.05) is 37.4 Å². The second kappa shape index (κ2) is 7.04. The van der Waals surface area contributed by atoms with Crippen LogP contribution in [0.25, 0.3) is 10.9 Å². The first-order valence-electron chi connectivity index (χ1n) is 9.22. The normalized spacial score (nSPS) is 18.2. The van der Waals surface area contributed by atoms with Crippen LogP contribution >= 0.6 is 0 Å². The molecule has 144 valence electrons. The number of carbonyl (C=O) groups is 1. The Kier molecular flexibility index (Phi) is 4.69. The molecule has 0 bridgehead atoms. The van der Waals surface area contributed by atoms with Crippen molar-refractivity contribution in [2.75, 3.05) is 13.6 Å². The summed E-state index contributed by atoms with van der Waals surface area (Å²) in [6, 6.07) is 15.8. The molecule has 0 unspecified atom stereocenters. The number of para-hydroxylation sites is 1. The smallest absolute Gasteiger partial charge is 0.268 e. The predicted octanol–water partition coefficient (Wildman–Crippen LogP) is 3.77. The van der Waals surface area contributed by atoms with Crippen LogP contribution in [0.3, 0.4) is 0 Å². The molecular formula is C22H22N2O3S. The number of ketones is 1. The van der Waals surface area contributed by atoms with Gasteiger partial charge in [-0.1, -0.05) is 42.5 Å². The summed E-state index contributed by atoms with van der Waals surface area (Å²) in [6.45, 7) is 2.33. The SMILES string of the molecule is CC(=O)C1=C[C@@H](c2cn(S(=O)(=O)c3ccccc3)c3ccccc23)N(C)CC1. The summed E-state index contributed by atoms with van der Waals surface area (Å²) >= 11 is 0. The minimum absolute atomic E-state index is 0.0683. The van der Waals surface area contributed by atoms with Gasteiger partial charge < -0.3 is 0 Å². The van der Waals surface area contributed by atoms with Crippen molar-refractivity contribution < 1.29 is 13.2 Å². The van der Waals surface area contributed by atoms with E-state index in [-0.39, 0.29) is 16.7 Å². The Bertz CT molecular complexity index is 1180. The fourth-order valence-electron chi connectivity index (χ4n) is 3.77. The van der Waals surface area contributed by atoms with Gasteiger partial charge in [-0.25, -0.2) is 12.4 Å². The van der Waals surface area contributed by atoms with Crippen molar-refractivity contribution in [2.45, 2.75) is 24.3 Å². The molecule has 1 aromatic heterocycles. The van der Waals surface area contributed by atoms with Gasteiger partial charge in [-0.15, -0.1) is 0 Å². The van der Waals surface area contributed by atoms with Crippen molar-refractivity contribution >= 4 is 26.7 Å². The summed E-state index contributed by atoms with van der Waals surface area (Å²) in [6.07, 6.45) is 4.38. The lowest BCUT2D eigenvalue weighted by molar-refractivity contribution is -0.113. The first-order chi connectivity index (χ1) is 13.4. The lowest BCUT2D eigenvalue weighted by Crippen LogP contribution is -2.29. The maximum absolute atomic E-state index is 13.3. The molecule has 0 spiro atoms. The van der Waals surface area contributed by atoms with Crippen LogP contribution < -0.4 is 0 Å². The molecule has 3 aromatic rings. The molecule has 0 N–H and O–H groups in total. The zero-order valence-electron chi connectivity index (χ0n) is 15.9. The molecule has 0 radical (unpaired) electrons. The number of nitrogens with zero attached hydrogens (tertiary/aromatic N) is 2.